The molecule has 3 aromatic rings. The number of aryl methyl sites for hydroxylation is 1. The summed E-state index contributed by atoms with van der Waals surface area (Å²) in [4.78, 5) is 24.5. The Morgan fingerprint density at radius 3 is 2.39 bits per heavy atom. The molecule has 1 aliphatic carbocycles. The van der Waals surface area contributed by atoms with Crippen molar-refractivity contribution < 1.29 is 14.7 Å². The molecule has 1 heterocycles. The molecule has 6 heteroatoms. The molecule has 1 unspecified atom stereocenters. The third kappa shape index (κ3) is 4.29. The largest absolute Gasteiger partial charge is 0.478 e. The van der Waals surface area contributed by atoms with E-state index in [1.165, 1.54) is 19.3 Å². The Hall–Kier alpha value is -3.28. The van der Waals surface area contributed by atoms with Crippen LogP contribution in [0, 0.1) is 0 Å². The molecule has 0 radical (unpaired) electrons. The molecule has 0 saturated heterocycles. The normalized spacial score (nSPS) is 15.5. The van der Waals surface area contributed by atoms with E-state index in [9.17, 15) is 9.59 Å². The molecule has 1 amide bonds. The average Bonchev–Trinajstić information content (AvgIpc) is 3.06. The number of carbonyl (C=O) groups excluding carboxylic acids is 1. The van der Waals surface area contributed by atoms with Gasteiger partial charge in [-0.05, 0) is 43.5 Å². The molecule has 31 heavy (non-hydrogen) atoms. The quantitative estimate of drug-likeness (QED) is 0.518. The minimum atomic E-state index is -0.961. The van der Waals surface area contributed by atoms with Crippen LogP contribution < -0.4 is 10.6 Å². The summed E-state index contributed by atoms with van der Waals surface area (Å²) in [5.74, 6) is -1.11. The van der Waals surface area contributed by atoms with Gasteiger partial charge in [-0.3, -0.25) is 4.79 Å². The van der Waals surface area contributed by atoms with Gasteiger partial charge in [-0.2, -0.15) is 0 Å². The molecule has 0 aliphatic heterocycles. The molecule has 1 aliphatic rings. The average molecular weight is 420 g/mol. The van der Waals surface area contributed by atoms with Crippen LogP contribution in [0.3, 0.4) is 0 Å². The summed E-state index contributed by atoms with van der Waals surface area (Å²) in [5, 5.41) is 16.9. The number of carbonyl (C=O) groups is 2. The Balaban J connectivity index is 1.62. The Labute approximate surface area is 182 Å². The summed E-state index contributed by atoms with van der Waals surface area (Å²) in [6, 6.07) is 14.8. The third-order valence-corrected chi connectivity index (χ3v) is 6.28. The Bertz CT molecular complexity index is 1100. The van der Waals surface area contributed by atoms with Gasteiger partial charge in [0.2, 0.25) is 0 Å². The van der Waals surface area contributed by atoms with Crippen molar-refractivity contribution in [2.75, 3.05) is 5.32 Å². The van der Waals surface area contributed by atoms with E-state index in [4.69, 9.17) is 5.11 Å². The maximum atomic E-state index is 13.4. The van der Waals surface area contributed by atoms with Crippen molar-refractivity contribution in [3.8, 4) is 0 Å². The van der Waals surface area contributed by atoms with Gasteiger partial charge in [0, 0.05) is 18.5 Å². The minimum absolute atomic E-state index is 0.146. The lowest BCUT2D eigenvalue weighted by Gasteiger charge is -2.24. The molecule has 1 fully saturated rings. The van der Waals surface area contributed by atoms with Crippen LogP contribution in [0.1, 0.15) is 71.5 Å². The fourth-order valence-electron chi connectivity index (χ4n) is 4.52. The van der Waals surface area contributed by atoms with Crippen molar-refractivity contribution in [2.24, 2.45) is 7.05 Å². The third-order valence-electron chi connectivity index (χ3n) is 6.28. The van der Waals surface area contributed by atoms with E-state index in [0.29, 0.717) is 11.7 Å². The Morgan fingerprint density at radius 1 is 1.03 bits per heavy atom. The second kappa shape index (κ2) is 8.84. The van der Waals surface area contributed by atoms with E-state index in [2.05, 4.69) is 16.7 Å². The number of nitrogens with one attached hydrogen (secondary N) is 2. The van der Waals surface area contributed by atoms with Crippen LogP contribution in [0.2, 0.25) is 0 Å². The van der Waals surface area contributed by atoms with Crippen LogP contribution >= 0.6 is 0 Å². The number of rotatable bonds is 6. The fraction of sp³-hybridized carbons (Fsp3) is 0.360. The monoisotopic (exact) mass is 419 g/mol. The maximum absolute atomic E-state index is 13.4. The molecular weight excluding hydrogens is 390 g/mol. The van der Waals surface area contributed by atoms with Gasteiger partial charge in [0.15, 0.2) is 0 Å². The van der Waals surface area contributed by atoms with Crippen LogP contribution in [-0.4, -0.2) is 27.6 Å². The number of fused-ring (bicyclic) bond motifs is 1. The zero-order valence-corrected chi connectivity index (χ0v) is 18.0. The number of aromatic carboxylic acids is 1. The second-order valence-corrected chi connectivity index (χ2v) is 8.40. The van der Waals surface area contributed by atoms with Gasteiger partial charge in [-0.25, -0.2) is 4.79 Å². The van der Waals surface area contributed by atoms with Gasteiger partial charge in [0.1, 0.15) is 5.69 Å². The molecule has 1 atom stereocenters. The molecule has 6 nitrogen and oxygen atoms in total. The number of hydrogen-bond acceptors (Lipinski definition) is 3. The SMILES string of the molecule is CC(NC(=O)c1c(NC2CCCCC2)c2ccccc2n1C)c1ccc(C(=O)O)cc1. The van der Waals surface area contributed by atoms with Crippen molar-refractivity contribution in [1.29, 1.82) is 0 Å². The molecule has 162 valence electrons. The lowest BCUT2D eigenvalue weighted by Crippen LogP contribution is -2.30. The van der Waals surface area contributed by atoms with Gasteiger partial charge in [0.05, 0.1) is 22.8 Å². The summed E-state index contributed by atoms with van der Waals surface area (Å²) < 4.78 is 1.95. The first-order valence-corrected chi connectivity index (χ1v) is 10.9. The highest BCUT2D eigenvalue weighted by molar-refractivity contribution is 6.09. The highest BCUT2D eigenvalue weighted by Gasteiger charge is 2.25. The molecule has 1 aromatic heterocycles. The summed E-state index contributed by atoms with van der Waals surface area (Å²) in [6.45, 7) is 1.91. The van der Waals surface area contributed by atoms with Crippen LogP contribution in [0.5, 0.6) is 0 Å². The topological polar surface area (TPSA) is 83.4 Å². The molecule has 0 bridgehead atoms. The van der Waals surface area contributed by atoms with E-state index in [1.54, 1.807) is 24.3 Å². The number of anilines is 1. The van der Waals surface area contributed by atoms with Gasteiger partial charge >= 0.3 is 5.97 Å². The van der Waals surface area contributed by atoms with Gasteiger partial charge in [-0.1, -0.05) is 49.6 Å². The predicted molar refractivity (Wildman–Crippen MR) is 123 cm³/mol. The van der Waals surface area contributed by atoms with Crippen molar-refractivity contribution in [3.05, 3.63) is 65.4 Å². The summed E-state index contributed by atoms with van der Waals surface area (Å²) in [5.41, 5.74) is 3.63. The van der Waals surface area contributed by atoms with Gasteiger partial charge < -0.3 is 20.3 Å². The molecule has 4 rings (SSSR count). The molecule has 0 spiro atoms. The molecule has 1 saturated carbocycles. The lowest BCUT2D eigenvalue weighted by molar-refractivity contribution is 0.0696. The van der Waals surface area contributed by atoms with Crippen molar-refractivity contribution in [2.45, 2.75) is 51.1 Å². The highest BCUT2D eigenvalue weighted by atomic mass is 16.4. The maximum Gasteiger partial charge on any atom is 0.335 e. The van der Waals surface area contributed by atoms with Crippen LogP contribution in [0.4, 0.5) is 5.69 Å². The Kier molecular flexibility index (Phi) is 5.98. The standard InChI is InChI=1S/C25H29N3O3/c1-16(17-12-14-18(15-13-17)25(30)31)26-24(29)23-22(27-19-8-4-3-5-9-19)20-10-6-7-11-21(20)28(23)2/h6-7,10-16,19,27H,3-5,8-9H2,1-2H3,(H,26,29)(H,30,31). The number of aromatic nitrogens is 1. The van der Waals surface area contributed by atoms with E-state index < -0.39 is 5.97 Å². The van der Waals surface area contributed by atoms with Gasteiger partial charge in [0.25, 0.3) is 5.91 Å². The number of hydrogen-bond donors (Lipinski definition) is 3. The summed E-state index contributed by atoms with van der Waals surface area (Å²) in [7, 11) is 1.93. The smallest absolute Gasteiger partial charge is 0.335 e. The number of carboxylic acid groups (broad SMARTS) is 1. The van der Waals surface area contributed by atoms with Crippen LogP contribution in [-0.2, 0) is 7.05 Å². The van der Waals surface area contributed by atoms with Crippen molar-refractivity contribution in [3.63, 3.8) is 0 Å². The van der Waals surface area contributed by atoms with Gasteiger partial charge in [-0.15, -0.1) is 0 Å². The Morgan fingerprint density at radius 2 is 1.71 bits per heavy atom. The predicted octanol–water partition coefficient (Wildman–Crippen LogP) is 5.11. The molecule has 3 N–H and O–H groups in total. The minimum Gasteiger partial charge on any atom is -0.478 e. The zero-order valence-electron chi connectivity index (χ0n) is 18.0. The molecule has 2 aromatic carbocycles. The first kappa shape index (κ1) is 21.0. The fourth-order valence-corrected chi connectivity index (χ4v) is 4.52. The first-order valence-electron chi connectivity index (χ1n) is 10.9. The number of para-hydroxylation sites is 1. The summed E-state index contributed by atoms with van der Waals surface area (Å²) >= 11 is 0. The first-order chi connectivity index (χ1) is 15.0. The summed E-state index contributed by atoms with van der Waals surface area (Å²) in [6.07, 6.45) is 5.95. The zero-order chi connectivity index (χ0) is 22.0. The highest BCUT2D eigenvalue weighted by Crippen LogP contribution is 2.33. The van der Waals surface area contributed by atoms with E-state index in [0.717, 1.165) is 35.0 Å². The molecular formula is C25H29N3O3. The van der Waals surface area contributed by atoms with Crippen molar-refractivity contribution in [1.82, 2.24) is 9.88 Å². The number of benzene rings is 2. The number of amides is 1. The van der Waals surface area contributed by atoms with E-state index in [1.807, 2.05) is 36.7 Å². The van der Waals surface area contributed by atoms with Crippen LogP contribution in [0.25, 0.3) is 10.9 Å². The van der Waals surface area contributed by atoms with E-state index in [-0.39, 0.29) is 17.5 Å². The lowest BCUT2D eigenvalue weighted by atomic mass is 9.95. The van der Waals surface area contributed by atoms with Crippen LogP contribution in [0.15, 0.2) is 48.5 Å². The van der Waals surface area contributed by atoms with E-state index >= 15 is 0 Å². The number of nitrogens with zero attached hydrogens (tertiary/aromatic N) is 1. The van der Waals surface area contributed by atoms with Crippen molar-refractivity contribution >= 4 is 28.5 Å². The second-order valence-electron chi connectivity index (χ2n) is 8.40. The number of carboxylic acids is 1.